The van der Waals surface area contributed by atoms with E-state index in [-0.39, 0.29) is 5.56 Å². The van der Waals surface area contributed by atoms with Gasteiger partial charge in [0.05, 0.1) is 11.3 Å². The Bertz CT molecular complexity index is 694. The van der Waals surface area contributed by atoms with Crippen LogP contribution in [-0.2, 0) is 14.3 Å². The molecule has 2 rings (SSSR count). The van der Waals surface area contributed by atoms with E-state index in [0.29, 0.717) is 11.3 Å². The van der Waals surface area contributed by atoms with Gasteiger partial charge in [-0.3, -0.25) is 15.0 Å². The number of carbonyl (C=O) groups excluding carboxylic acids is 2. The van der Waals surface area contributed by atoms with Crippen molar-refractivity contribution in [3.63, 3.8) is 0 Å². The average Bonchev–Trinajstić information content (AvgIpc) is 2.47. The summed E-state index contributed by atoms with van der Waals surface area (Å²) in [6.45, 7) is 7.87. The van der Waals surface area contributed by atoms with Crippen molar-refractivity contribution in [1.82, 2.24) is 5.43 Å². The molecule has 1 fully saturated rings. The fraction of sp³-hybridized carbons (Fsp3) is 0.438. The Morgan fingerprint density at radius 2 is 1.78 bits per heavy atom. The zero-order valence-electron chi connectivity index (χ0n) is 13.8. The summed E-state index contributed by atoms with van der Waals surface area (Å²) in [4.78, 5) is 36.4. The summed E-state index contributed by atoms with van der Waals surface area (Å²) in [5, 5.41) is 10.3. The summed E-state index contributed by atoms with van der Waals surface area (Å²) in [6, 6.07) is 4.54. The number of hydrogen-bond donors (Lipinski definition) is 2. The van der Waals surface area contributed by atoms with Crippen molar-refractivity contribution in [3.05, 3.63) is 29.3 Å². The molecule has 1 aliphatic rings. The van der Waals surface area contributed by atoms with Crippen molar-refractivity contribution in [2.75, 3.05) is 5.01 Å². The van der Waals surface area contributed by atoms with Crippen LogP contribution in [0, 0.1) is 6.92 Å². The molecule has 23 heavy (non-hydrogen) atoms. The van der Waals surface area contributed by atoms with Crippen molar-refractivity contribution in [1.29, 1.82) is 0 Å². The maximum atomic E-state index is 12.8. The summed E-state index contributed by atoms with van der Waals surface area (Å²) in [6.07, 6.45) is 0. The maximum Gasteiger partial charge on any atom is 0.336 e. The number of aromatic carboxylic acids is 1. The first kappa shape index (κ1) is 17.0. The summed E-state index contributed by atoms with van der Waals surface area (Å²) in [5.74, 6) is -2.08. The first-order chi connectivity index (χ1) is 10.5. The number of anilines is 1. The quantitative estimate of drug-likeness (QED) is 0.863. The molecule has 2 amide bonds. The molecule has 0 spiro atoms. The molecule has 0 aliphatic carbocycles. The minimum atomic E-state index is -1.26. The lowest BCUT2D eigenvalue weighted by atomic mass is 10.0. The van der Waals surface area contributed by atoms with Gasteiger partial charge in [0.2, 0.25) is 0 Å². The van der Waals surface area contributed by atoms with E-state index >= 15 is 0 Å². The van der Waals surface area contributed by atoms with Gasteiger partial charge in [-0.05, 0) is 52.3 Å². The Labute approximate surface area is 134 Å². The Kier molecular flexibility index (Phi) is 3.94. The van der Waals surface area contributed by atoms with Gasteiger partial charge in [0, 0.05) is 0 Å². The fourth-order valence-electron chi connectivity index (χ4n) is 2.55. The van der Waals surface area contributed by atoms with E-state index in [2.05, 4.69) is 5.43 Å². The first-order valence-corrected chi connectivity index (χ1v) is 7.16. The molecule has 7 nitrogen and oxygen atoms in total. The van der Waals surface area contributed by atoms with Crippen LogP contribution < -0.4 is 10.4 Å². The third-order valence-corrected chi connectivity index (χ3v) is 3.77. The van der Waals surface area contributed by atoms with Crippen LogP contribution in [-0.4, -0.2) is 34.1 Å². The van der Waals surface area contributed by atoms with E-state index in [1.807, 2.05) is 0 Å². The van der Waals surface area contributed by atoms with E-state index in [1.54, 1.807) is 40.7 Å². The standard InChI is InChI=1S/C16H20N2O5/c1-9-10(12(19)20)7-6-8-11(9)18-14(22)16(4,5)23-15(2,3)13(21)17-18/h6-8H,1-5H3,(H,17,21)(H,19,20). The van der Waals surface area contributed by atoms with Crippen LogP contribution in [0.3, 0.4) is 0 Å². The Balaban J connectivity index is 2.58. The van der Waals surface area contributed by atoms with Crippen LogP contribution in [0.1, 0.15) is 43.6 Å². The molecule has 0 bridgehead atoms. The number of hydrogen-bond acceptors (Lipinski definition) is 4. The fourth-order valence-corrected chi connectivity index (χ4v) is 2.55. The number of hydrazine groups is 1. The van der Waals surface area contributed by atoms with Crippen molar-refractivity contribution in [3.8, 4) is 0 Å². The monoisotopic (exact) mass is 320 g/mol. The van der Waals surface area contributed by atoms with Crippen molar-refractivity contribution < 1.29 is 24.2 Å². The van der Waals surface area contributed by atoms with Gasteiger partial charge in [-0.2, -0.15) is 0 Å². The van der Waals surface area contributed by atoms with Gasteiger partial charge in [-0.25, -0.2) is 9.80 Å². The van der Waals surface area contributed by atoms with E-state index in [1.165, 1.54) is 12.1 Å². The SMILES string of the molecule is Cc1c(C(=O)O)cccc1N1NC(=O)C(C)(C)OC(C)(C)C1=O. The molecule has 0 unspecified atom stereocenters. The summed E-state index contributed by atoms with van der Waals surface area (Å²) in [7, 11) is 0. The molecule has 1 aromatic rings. The van der Waals surface area contributed by atoms with Crippen LogP contribution in [0.5, 0.6) is 0 Å². The smallest absolute Gasteiger partial charge is 0.336 e. The van der Waals surface area contributed by atoms with Gasteiger partial charge in [0.25, 0.3) is 11.8 Å². The number of nitrogens with one attached hydrogen (secondary N) is 1. The summed E-state index contributed by atoms with van der Waals surface area (Å²) < 4.78 is 5.66. The summed E-state index contributed by atoms with van der Waals surface area (Å²) in [5.41, 5.74) is 0.811. The number of rotatable bonds is 2. The van der Waals surface area contributed by atoms with Gasteiger partial charge >= 0.3 is 5.97 Å². The normalized spacial score (nSPS) is 20.0. The molecule has 7 heteroatoms. The van der Waals surface area contributed by atoms with Gasteiger partial charge in [-0.15, -0.1) is 0 Å². The third-order valence-electron chi connectivity index (χ3n) is 3.77. The lowest BCUT2D eigenvalue weighted by molar-refractivity contribution is -0.164. The number of benzene rings is 1. The molecule has 2 N–H and O–H groups in total. The lowest BCUT2D eigenvalue weighted by Gasteiger charge is -2.30. The highest BCUT2D eigenvalue weighted by Gasteiger charge is 2.47. The largest absolute Gasteiger partial charge is 0.478 e. The average molecular weight is 320 g/mol. The van der Waals surface area contributed by atoms with Crippen LogP contribution in [0.4, 0.5) is 5.69 Å². The van der Waals surface area contributed by atoms with Gasteiger partial charge in [0.15, 0.2) is 0 Å². The maximum absolute atomic E-state index is 12.8. The topological polar surface area (TPSA) is 95.9 Å². The van der Waals surface area contributed by atoms with Crippen molar-refractivity contribution >= 4 is 23.5 Å². The Hall–Kier alpha value is -2.41. The highest BCUT2D eigenvalue weighted by molar-refractivity contribution is 6.05. The zero-order chi connectivity index (χ0) is 17.6. The second-order valence-electron chi connectivity index (χ2n) is 6.46. The van der Waals surface area contributed by atoms with Crippen LogP contribution in [0.25, 0.3) is 0 Å². The number of nitrogens with zero attached hydrogens (tertiary/aromatic N) is 1. The minimum absolute atomic E-state index is 0.0618. The molecule has 0 saturated carbocycles. The molecule has 1 heterocycles. The molecular weight excluding hydrogens is 300 g/mol. The van der Waals surface area contributed by atoms with Gasteiger partial charge in [0.1, 0.15) is 11.2 Å². The summed E-state index contributed by atoms with van der Waals surface area (Å²) >= 11 is 0. The third kappa shape index (κ3) is 2.92. The number of carboxylic acid groups (broad SMARTS) is 1. The number of carboxylic acids is 1. The Morgan fingerprint density at radius 1 is 1.17 bits per heavy atom. The van der Waals surface area contributed by atoms with Crippen LogP contribution in [0.2, 0.25) is 0 Å². The molecule has 0 radical (unpaired) electrons. The van der Waals surface area contributed by atoms with E-state index in [0.717, 1.165) is 5.01 Å². The number of carbonyl (C=O) groups is 3. The van der Waals surface area contributed by atoms with Crippen LogP contribution in [0.15, 0.2) is 18.2 Å². The zero-order valence-corrected chi connectivity index (χ0v) is 13.8. The second-order valence-corrected chi connectivity index (χ2v) is 6.46. The highest BCUT2D eigenvalue weighted by atomic mass is 16.5. The minimum Gasteiger partial charge on any atom is -0.478 e. The number of ether oxygens (including phenoxy) is 1. The number of amides is 2. The molecule has 1 aliphatic heterocycles. The van der Waals surface area contributed by atoms with Gasteiger partial charge in [-0.1, -0.05) is 6.07 Å². The molecule has 124 valence electrons. The van der Waals surface area contributed by atoms with E-state index in [9.17, 15) is 19.5 Å². The van der Waals surface area contributed by atoms with Gasteiger partial charge < -0.3 is 9.84 Å². The van der Waals surface area contributed by atoms with Crippen molar-refractivity contribution in [2.45, 2.75) is 45.8 Å². The van der Waals surface area contributed by atoms with E-state index in [4.69, 9.17) is 4.74 Å². The molecule has 1 aromatic carbocycles. The second kappa shape index (κ2) is 5.34. The molecule has 1 saturated heterocycles. The highest BCUT2D eigenvalue weighted by Crippen LogP contribution is 2.30. The van der Waals surface area contributed by atoms with E-state index < -0.39 is 29.0 Å². The first-order valence-electron chi connectivity index (χ1n) is 7.16. The Morgan fingerprint density at radius 3 is 2.35 bits per heavy atom. The molecular formula is C16H20N2O5. The molecule has 0 aromatic heterocycles. The molecule has 0 atom stereocenters. The predicted octanol–water partition coefficient (Wildman–Crippen LogP) is 1.64. The predicted molar refractivity (Wildman–Crippen MR) is 83.0 cm³/mol. The van der Waals surface area contributed by atoms with Crippen molar-refractivity contribution in [2.24, 2.45) is 0 Å². The van der Waals surface area contributed by atoms with Crippen LogP contribution >= 0.6 is 0 Å². The lowest BCUT2D eigenvalue weighted by Crippen LogP contribution is -2.52.